The summed E-state index contributed by atoms with van der Waals surface area (Å²) < 4.78 is 31.0. The maximum Gasteiger partial charge on any atom is 0.296 e. The van der Waals surface area contributed by atoms with Crippen molar-refractivity contribution in [3.8, 4) is 10.4 Å². The van der Waals surface area contributed by atoms with Gasteiger partial charge in [0.25, 0.3) is 17.6 Å². The second kappa shape index (κ2) is 25.8. The Morgan fingerprint density at radius 3 is 2.34 bits per heavy atom. The van der Waals surface area contributed by atoms with Gasteiger partial charge in [-0.15, -0.1) is 16.4 Å². The number of rotatable bonds is 22. The zero-order chi connectivity index (χ0) is 58.6. The molecule has 6 N–H and O–H groups in total. The molecule has 82 heavy (non-hydrogen) atoms. The van der Waals surface area contributed by atoms with E-state index in [2.05, 4.69) is 46.8 Å². The summed E-state index contributed by atoms with van der Waals surface area (Å²) in [5, 5.41) is 33.5. The molecular weight excluding hydrogens is 1110 g/mol. The molecule has 5 aliphatic heterocycles. The zero-order valence-corrected chi connectivity index (χ0v) is 49.5. The first-order chi connectivity index (χ1) is 39.0. The highest BCUT2D eigenvalue weighted by Gasteiger charge is 2.48. The van der Waals surface area contributed by atoms with Crippen molar-refractivity contribution in [2.45, 2.75) is 161 Å². The number of hydrogen-bond donors (Lipinski definition) is 6. The number of nitrogens with one attached hydrogen (secondary N) is 5. The topological polar surface area (TPSA) is 287 Å². The molecule has 4 aromatic rings. The molecule has 0 radical (unpaired) electrons. The van der Waals surface area contributed by atoms with E-state index in [0.29, 0.717) is 44.3 Å². The van der Waals surface area contributed by atoms with E-state index in [1.807, 2.05) is 64.4 Å². The summed E-state index contributed by atoms with van der Waals surface area (Å²) in [6.07, 6.45) is 7.32. The van der Waals surface area contributed by atoms with Gasteiger partial charge in [-0.2, -0.15) is 4.31 Å². The van der Waals surface area contributed by atoms with Crippen molar-refractivity contribution >= 4 is 79.9 Å². The Hall–Kier alpha value is -6.18. The summed E-state index contributed by atoms with van der Waals surface area (Å²) in [7, 11) is -3.55. The molecule has 7 atom stereocenters. The molecule has 442 valence electrons. The molecule has 5 aliphatic rings. The van der Waals surface area contributed by atoms with Crippen molar-refractivity contribution in [1.29, 1.82) is 0 Å². The molecule has 9 rings (SSSR count). The van der Waals surface area contributed by atoms with E-state index < -0.39 is 57.1 Å². The second-order valence-electron chi connectivity index (χ2n) is 23.8. The first-order valence-corrected chi connectivity index (χ1v) is 31.4. The minimum atomic E-state index is -3.55. The number of Topliss-reactive ketones (excluding diaryl/α,β-unsaturated/α-hetero) is 1. The molecule has 2 aromatic heterocycles. The van der Waals surface area contributed by atoms with Crippen molar-refractivity contribution in [3.63, 3.8) is 0 Å². The van der Waals surface area contributed by atoms with Gasteiger partial charge < -0.3 is 41.5 Å². The lowest BCUT2D eigenvalue weighted by atomic mass is 9.85. The summed E-state index contributed by atoms with van der Waals surface area (Å²) in [5.74, 6) is -3.17. The van der Waals surface area contributed by atoms with Crippen LogP contribution in [0.15, 0.2) is 48.1 Å². The fourth-order valence-electron chi connectivity index (χ4n) is 12.2. The van der Waals surface area contributed by atoms with Gasteiger partial charge in [0.15, 0.2) is 0 Å². The Kier molecular flexibility index (Phi) is 19.0. The van der Waals surface area contributed by atoms with Gasteiger partial charge in [-0.05, 0) is 132 Å². The van der Waals surface area contributed by atoms with E-state index in [9.17, 15) is 47.1 Å². The standard InChI is InChI=1S/C57H75ClN12O10S2/c1-33(36-11-13-37(14-12-36)51-34(2)60-32-81-51)61-54(76)47-25-42(71)29-69(47)56(78)52(57(3,4)5)64-48(72)10-7-6-9-38-28-68(66-65-38)30-49(73)59-19-8-20-67-21-17-35(18-22-67)31-82(79,80)70-40-15-16-41(70)24-39(23-40)62-53(75)43-26-44-46(27-45(43)58)63-55(77)50(44)74/h11-14,26-28,32-33,35,39-42,47,52,71H,6-10,15-25,29-31H2,1-5H3,(H,59,73)(H,61,76)(H,62,75)(H,64,72)(H,63,74,77)/t33-,39?,40-,41+,42+,47-,52+/m0/s1. The third-order valence-electron chi connectivity index (χ3n) is 16.5. The number of carbonyl (C=O) groups is 7. The number of unbranched alkanes of at least 4 members (excludes halogenated alkanes) is 1. The number of piperidine rings is 2. The van der Waals surface area contributed by atoms with Crippen molar-refractivity contribution in [2.75, 3.05) is 43.8 Å². The van der Waals surface area contributed by atoms with Crippen molar-refractivity contribution < 1.29 is 47.1 Å². The van der Waals surface area contributed by atoms with Crippen molar-refractivity contribution in [3.05, 3.63) is 81.2 Å². The third-order valence-corrected chi connectivity index (χ3v) is 20.0. The lowest BCUT2D eigenvalue weighted by Crippen LogP contribution is -2.57. The number of halogens is 1. The second-order valence-corrected chi connectivity index (χ2v) is 27.0. The Bertz CT molecular complexity index is 3140. The summed E-state index contributed by atoms with van der Waals surface area (Å²) in [6.45, 7) is 12.1. The normalized spacial score (nSPS) is 22.1. The SMILES string of the molecule is Cc1ncsc1-c1ccc([C@H](C)NC(=O)[C@@H]2C[C@@H](O)CN2C(=O)[C@@H](NC(=O)CCCCc2cn(CC(=O)NCCCN3CCC(CS(=O)(=O)N4[C@@H]5CC[C@H]4CC(NC(=O)c4cc6c(cc4Cl)NC(=O)C6=O)C5)CC3)nn2)C(C)(C)C)cc1. The van der Waals surface area contributed by atoms with Gasteiger partial charge in [-0.3, -0.25) is 33.6 Å². The molecule has 6 amide bonds. The van der Waals surface area contributed by atoms with Crippen LogP contribution in [0.4, 0.5) is 5.69 Å². The Morgan fingerprint density at radius 1 is 0.939 bits per heavy atom. The fourth-order valence-corrected chi connectivity index (χ4v) is 15.6. The van der Waals surface area contributed by atoms with Gasteiger partial charge in [0.1, 0.15) is 18.6 Å². The van der Waals surface area contributed by atoms with E-state index in [4.69, 9.17) is 11.6 Å². The van der Waals surface area contributed by atoms with Crippen LogP contribution in [0, 0.1) is 18.3 Å². The first-order valence-electron chi connectivity index (χ1n) is 28.5. The van der Waals surface area contributed by atoms with Gasteiger partial charge in [-0.1, -0.05) is 61.9 Å². The number of anilines is 1. The molecule has 22 nitrogen and oxygen atoms in total. The van der Waals surface area contributed by atoms with Gasteiger partial charge in [0.2, 0.25) is 33.7 Å². The fraction of sp³-hybridized carbons (Fsp3) is 0.579. The van der Waals surface area contributed by atoms with Crippen LogP contribution < -0.4 is 26.6 Å². The van der Waals surface area contributed by atoms with Crippen LogP contribution in [0.3, 0.4) is 0 Å². The van der Waals surface area contributed by atoms with Gasteiger partial charge in [0, 0.05) is 50.3 Å². The molecule has 2 aromatic carbocycles. The van der Waals surface area contributed by atoms with E-state index in [0.717, 1.165) is 73.4 Å². The smallest absolute Gasteiger partial charge is 0.296 e. The number of ketones is 1. The number of fused-ring (bicyclic) bond motifs is 3. The van der Waals surface area contributed by atoms with Crippen LogP contribution >= 0.6 is 22.9 Å². The maximum absolute atomic E-state index is 14.2. The van der Waals surface area contributed by atoms with Crippen LogP contribution in [-0.2, 0) is 47.0 Å². The minimum absolute atomic E-state index is 0.00143. The minimum Gasteiger partial charge on any atom is -0.391 e. The van der Waals surface area contributed by atoms with Gasteiger partial charge in [0.05, 0.1) is 61.5 Å². The quantitative estimate of drug-likeness (QED) is 0.0465. The average molecular weight is 1190 g/mol. The zero-order valence-electron chi connectivity index (χ0n) is 47.1. The predicted octanol–water partition coefficient (Wildman–Crippen LogP) is 4.55. The van der Waals surface area contributed by atoms with Crippen LogP contribution in [0.25, 0.3) is 10.4 Å². The maximum atomic E-state index is 14.2. The third kappa shape index (κ3) is 14.4. The van der Waals surface area contributed by atoms with Crippen LogP contribution in [-0.4, -0.2) is 164 Å². The number of aliphatic hydroxyl groups is 1. The number of β-amino-alcohol motifs (C(OH)–C–C–N with tert-alkyl or cyclic N) is 1. The number of amides is 6. The molecule has 0 saturated carbocycles. The molecule has 1 unspecified atom stereocenters. The van der Waals surface area contributed by atoms with E-state index in [1.165, 1.54) is 21.7 Å². The molecular formula is C57H75ClN12O10S2. The Balaban J connectivity index is 0.637. The summed E-state index contributed by atoms with van der Waals surface area (Å²) in [6, 6.07) is 7.72. The number of aliphatic hydroxyl groups excluding tert-OH is 1. The van der Waals surface area contributed by atoms with E-state index in [-0.39, 0.29) is 101 Å². The number of aryl methyl sites for hydroxylation is 2. The van der Waals surface area contributed by atoms with Gasteiger partial charge >= 0.3 is 0 Å². The molecule has 4 fully saturated rings. The Morgan fingerprint density at radius 2 is 1.66 bits per heavy atom. The largest absolute Gasteiger partial charge is 0.391 e. The average Bonchev–Trinajstić information content (AvgIpc) is 3.77. The van der Waals surface area contributed by atoms with Crippen molar-refractivity contribution in [1.82, 2.24) is 55.4 Å². The molecule has 0 spiro atoms. The van der Waals surface area contributed by atoms with Crippen LogP contribution in [0.1, 0.15) is 142 Å². The summed E-state index contributed by atoms with van der Waals surface area (Å²) in [5.41, 5.74) is 5.13. The van der Waals surface area contributed by atoms with E-state index >= 15 is 0 Å². The monoisotopic (exact) mass is 1190 g/mol. The number of likely N-dealkylation sites (tertiary alicyclic amines) is 2. The molecule has 2 bridgehead atoms. The van der Waals surface area contributed by atoms with E-state index in [1.54, 1.807) is 21.8 Å². The lowest BCUT2D eigenvalue weighted by Gasteiger charge is -2.39. The number of benzene rings is 2. The number of sulfonamides is 1. The highest BCUT2D eigenvalue weighted by Crippen LogP contribution is 2.40. The number of carbonyl (C=O) groups excluding carboxylic acids is 7. The van der Waals surface area contributed by atoms with Gasteiger partial charge in [-0.25, -0.2) is 18.1 Å². The lowest BCUT2D eigenvalue weighted by molar-refractivity contribution is -0.144. The van der Waals surface area contributed by atoms with Crippen LogP contribution in [0.5, 0.6) is 0 Å². The number of hydrogen-bond acceptors (Lipinski definition) is 15. The molecule has 0 aliphatic carbocycles. The predicted molar refractivity (Wildman–Crippen MR) is 308 cm³/mol. The highest BCUT2D eigenvalue weighted by molar-refractivity contribution is 7.89. The number of aromatic nitrogens is 4. The number of nitrogens with zero attached hydrogens (tertiary/aromatic N) is 7. The molecule has 7 heterocycles. The van der Waals surface area contributed by atoms with Crippen molar-refractivity contribution in [2.24, 2.45) is 11.3 Å². The molecule has 4 saturated heterocycles. The highest BCUT2D eigenvalue weighted by atomic mass is 35.5. The molecule has 25 heteroatoms. The Labute approximate surface area is 487 Å². The summed E-state index contributed by atoms with van der Waals surface area (Å²) in [4.78, 5) is 100. The first kappa shape index (κ1) is 60.4. The van der Waals surface area contributed by atoms with Crippen LogP contribution in [0.2, 0.25) is 5.02 Å². The number of thiazole rings is 1. The summed E-state index contributed by atoms with van der Waals surface area (Å²) >= 11 is 7.92.